The summed E-state index contributed by atoms with van der Waals surface area (Å²) in [7, 11) is 0. The number of ether oxygens (including phenoxy) is 1. The predicted molar refractivity (Wildman–Crippen MR) is 81.7 cm³/mol. The van der Waals surface area contributed by atoms with Crippen LogP contribution in [-0.4, -0.2) is 24.2 Å². The van der Waals surface area contributed by atoms with Gasteiger partial charge in [0, 0.05) is 18.8 Å². The summed E-state index contributed by atoms with van der Waals surface area (Å²) >= 11 is 0. The minimum absolute atomic E-state index is 0.262. The zero-order valence-corrected chi connectivity index (χ0v) is 11.6. The first-order valence-electron chi connectivity index (χ1n) is 6.68. The topological polar surface area (TPSA) is 84.6 Å². The molecule has 5 nitrogen and oxygen atoms in total. The summed E-state index contributed by atoms with van der Waals surface area (Å²) in [5.41, 5.74) is 7.49. The third kappa shape index (κ3) is 4.50. The highest BCUT2D eigenvalue weighted by molar-refractivity contribution is 5.87. The van der Waals surface area contributed by atoms with Crippen molar-refractivity contribution in [3.05, 3.63) is 59.7 Å². The van der Waals surface area contributed by atoms with E-state index in [9.17, 15) is 4.79 Å². The maximum absolute atomic E-state index is 10.9. The van der Waals surface area contributed by atoms with E-state index < -0.39 is 5.97 Å². The number of hydrogen-bond donors (Lipinski definition) is 3. The number of aromatic carboxylic acids is 1. The minimum atomic E-state index is -0.938. The van der Waals surface area contributed by atoms with Crippen molar-refractivity contribution in [2.24, 2.45) is 5.73 Å². The van der Waals surface area contributed by atoms with Crippen LogP contribution in [0.15, 0.2) is 48.5 Å². The SMILES string of the molecule is NCCNc1ccc(OCc2cccc(C(=O)O)c2)cc1. The molecule has 0 aliphatic heterocycles. The van der Waals surface area contributed by atoms with Crippen LogP contribution >= 0.6 is 0 Å². The first-order chi connectivity index (χ1) is 10.2. The average molecular weight is 286 g/mol. The smallest absolute Gasteiger partial charge is 0.335 e. The minimum Gasteiger partial charge on any atom is -0.489 e. The lowest BCUT2D eigenvalue weighted by atomic mass is 10.1. The third-order valence-corrected chi connectivity index (χ3v) is 2.91. The Labute approximate surface area is 123 Å². The van der Waals surface area contributed by atoms with Gasteiger partial charge in [0.15, 0.2) is 0 Å². The maximum atomic E-state index is 10.9. The van der Waals surface area contributed by atoms with Gasteiger partial charge in [0.2, 0.25) is 0 Å². The molecule has 5 heteroatoms. The van der Waals surface area contributed by atoms with Gasteiger partial charge in [-0.25, -0.2) is 4.79 Å². The molecule has 2 aromatic carbocycles. The summed E-state index contributed by atoms with van der Waals surface area (Å²) in [6, 6.07) is 14.3. The summed E-state index contributed by atoms with van der Waals surface area (Å²) in [6.07, 6.45) is 0. The Kier molecular flexibility index (Phi) is 5.17. The monoisotopic (exact) mass is 286 g/mol. The van der Waals surface area contributed by atoms with Crippen LogP contribution in [0.3, 0.4) is 0 Å². The molecule has 0 aromatic heterocycles. The molecule has 0 amide bonds. The van der Waals surface area contributed by atoms with Crippen molar-refractivity contribution >= 4 is 11.7 Å². The zero-order valence-electron chi connectivity index (χ0n) is 11.6. The molecule has 4 N–H and O–H groups in total. The lowest BCUT2D eigenvalue weighted by molar-refractivity contribution is 0.0696. The van der Waals surface area contributed by atoms with Crippen LogP contribution in [0.2, 0.25) is 0 Å². The van der Waals surface area contributed by atoms with Crippen molar-refractivity contribution < 1.29 is 14.6 Å². The molecule has 0 spiro atoms. The first kappa shape index (κ1) is 14.9. The molecule has 0 heterocycles. The van der Waals surface area contributed by atoms with Gasteiger partial charge in [-0.1, -0.05) is 12.1 Å². The van der Waals surface area contributed by atoms with Crippen LogP contribution < -0.4 is 15.8 Å². The molecule has 0 atom stereocenters. The van der Waals surface area contributed by atoms with Gasteiger partial charge >= 0.3 is 5.97 Å². The summed E-state index contributed by atoms with van der Waals surface area (Å²) in [5, 5.41) is 12.1. The molecule has 0 fully saturated rings. The van der Waals surface area contributed by atoms with Crippen LogP contribution in [0.1, 0.15) is 15.9 Å². The Morgan fingerprint density at radius 3 is 2.62 bits per heavy atom. The van der Waals surface area contributed by atoms with Crippen molar-refractivity contribution in [2.45, 2.75) is 6.61 Å². The number of nitrogens with two attached hydrogens (primary N) is 1. The van der Waals surface area contributed by atoms with Crippen molar-refractivity contribution in [3.8, 4) is 5.75 Å². The molecule has 21 heavy (non-hydrogen) atoms. The molecular formula is C16H18N2O3. The van der Waals surface area contributed by atoms with Gasteiger partial charge in [0.1, 0.15) is 12.4 Å². The lowest BCUT2D eigenvalue weighted by Crippen LogP contribution is -2.12. The molecule has 0 saturated carbocycles. The van der Waals surface area contributed by atoms with E-state index in [1.807, 2.05) is 30.3 Å². The first-order valence-corrected chi connectivity index (χ1v) is 6.68. The molecular weight excluding hydrogens is 268 g/mol. The molecule has 0 radical (unpaired) electrons. The van der Waals surface area contributed by atoms with Crippen LogP contribution in [0, 0.1) is 0 Å². The molecule has 0 bridgehead atoms. The van der Waals surface area contributed by atoms with Crippen molar-refractivity contribution in [2.75, 3.05) is 18.4 Å². The average Bonchev–Trinajstić information content (AvgIpc) is 2.52. The normalized spacial score (nSPS) is 10.1. The number of rotatable bonds is 7. The summed E-state index contributed by atoms with van der Waals surface area (Å²) in [6.45, 7) is 1.64. The second-order valence-corrected chi connectivity index (χ2v) is 4.53. The van der Waals surface area contributed by atoms with Crippen molar-refractivity contribution in [1.29, 1.82) is 0 Å². The summed E-state index contributed by atoms with van der Waals surface area (Å²) in [4.78, 5) is 10.9. The molecule has 0 unspecified atom stereocenters. The number of anilines is 1. The predicted octanol–water partition coefficient (Wildman–Crippen LogP) is 2.33. The highest BCUT2D eigenvalue weighted by atomic mass is 16.5. The molecule has 2 rings (SSSR count). The van der Waals surface area contributed by atoms with E-state index in [0.29, 0.717) is 13.2 Å². The Morgan fingerprint density at radius 2 is 1.95 bits per heavy atom. The van der Waals surface area contributed by atoms with Gasteiger partial charge in [-0.3, -0.25) is 0 Å². The number of carboxylic acid groups (broad SMARTS) is 1. The van der Waals surface area contributed by atoms with E-state index in [2.05, 4.69) is 5.32 Å². The fourth-order valence-corrected chi connectivity index (χ4v) is 1.85. The summed E-state index contributed by atoms with van der Waals surface area (Å²) in [5.74, 6) is -0.207. The molecule has 110 valence electrons. The van der Waals surface area contributed by atoms with Gasteiger partial charge in [0.25, 0.3) is 0 Å². The summed E-state index contributed by atoms with van der Waals surface area (Å²) < 4.78 is 5.64. The third-order valence-electron chi connectivity index (χ3n) is 2.91. The molecule has 0 saturated heterocycles. The van der Waals surface area contributed by atoms with Gasteiger partial charge < -0.3 is 20.9 Å². The quantitative estimate of drug-likeness (QED) is 0.727. The fourth-order valence-electron chi connectivity index (χ4n) is 1.85. The number of carbonyl (C=O) groups is 1. The number of nitrogens with one attached hydrogen (secondary N) is 1. The van der Waals surface area contributed by atoms with Crippen molar-refractivity contribution in [1.82, 2.24) is 0 Å². The highest BCUT2D eigenvalue weighted by Crippen LogP contribution is 2.17. The Bertz CT molecular complexity index is 597. The van der Waals surface area contributed by atoms with Crippen LogP contribution in [-0.2, 0) is 6.61 Å². The van der Waals surface area contributed by atoms with E-state index in [4.69, 9.17) is 15.6 Å². The fraction of sp³-hybridized carbons (Fsp3) is 0.188. The lowest BCUT2D eigenvalue weighted by Gasteiger charge is -2.09. The van der Waals surface area contributed by atoms with Gasteiger partial charge in [-0.05, 0) is 42.0 Å². The van der Waals surface area contributed by atoms with Gasteiger partial charge in [-0.15, -0.1) is 0 Å². The number of benzene rings is 2. The van der Waals surface area contributed by atoms with Gasteiger partial charge in [0.05, 0.1) is 5.56 Å². The van der Waals surface area contributed by atoms with Crippen molar-refractivity contribution in [3.63, 3.8) is 0 Å². The maximum Gasteiger partial charge on any atom is 0.335 e. The van der Waals surface area contributed by atoms with Crippen LogP contribution in [0.5, 0.6) is 5.75 Å². The van der Waals surface area contributed by atoms with Crippen LogP contribution in [0.25, 0.3) is 0 Å². The molecule has 0 aliphatic carbocycles. The van der Waals surface area contributed by atoms with E-state index in [-0.39, 0.29) is 5.56 Å². The largest absolute Gasteiger partial charge is 0.489 e. The van der Waals surface area contributed by atoms with E-state index >= 15 is 0 Å². The Morgan fingerprint density at radius 1 is 1.19 bits per heavy atom. The van der Waals surface area contributed by atoms with E-state index in [0.717, 1.165) is 23.5 Å². The molecule has 2 aromatic rings. The number of hydrogen-bond acceptors (Lipinski definition) is 4. The van der Waals surface area contributed by atoms with E-state index in [1.54, 1.807) is 18.2 Å². The Hall–Kier alpha value is -2.53. The zero-order chi connectivity index (χ0) is 15.1. The second kappa shape index (κ2) is 7.31. The number of carboxylic acids is 1. The van der Waals surface area contributed by atoms with E-state index in [1.165, 1.54) is 0 Å². The standard InChI is InChI=1S/C16H18N2O3/c17-8-9-18-14-4-6-15(7-5-14)21-11-12-2-1-3-13(10-12)16(19)20/h1-7,10,18H,8-9,11,17H2,(H,19,20). The van der Waals surface area contributed by atoms with Gasteiger partial charge in [-0.2, -0.15) is 0 Å². The Balaban J connectivity index is 1.93. The van der Waals surface area contributed by atoms with Crippen LogP contribution in [0.4, 0.5) is 5.69 Å². The highest BCUT2D eigenvalue weighted by Gasteiger charge is 2.03. The second-order valence-electron chi connectivity index (χ2n) is 4.53. The molecule has 0 aliphatic rings.